The molecule has 0 saturated carbocycles. The Kier molecular flexibility index (Phi) is 4.25. The topological polar surface area (TPSA) is 20.2 Å². The fourth-order valence-corrected chi connectivity index (χ4v) is 1.22. The summed E-state index contributed by atoms with van der Waals surface area (Å²) in [5, 5.41) is 9.83. The van der Waals surface area contributed by atoms with Crippen LogP contribution in [0, 0.1) is 0 Å². The Morgan fingerprint density at radius 1 is 1.25 bits per heavy atom. The van der Waals surface area contributed by atoms with Crippen molar-refractivity contribution in [3.05, 3.63) is 24.3 Å². The predicted molar refractivity (Wildman–Crippen MR) is 54.1 cm³/mol. The Bertz CT molecular complexity index is 177. The Hall–Kier alpha value is -0.560. The van der Waals surface area contributed by atoms with E-state index >= 15 is 0 Å². The van der Waals surface area contributed by atoms with Gasteiger partial charge in [0.15, 0.2) is 0 Å². The van der Waals surface area contributed by atoms with Gasteiger partial charge in [0.1, 0.15) is 0 Å². The van der Waals surface area contributed by atoms with Gasteiger partial charge in [-0.25, -0.2) is 0 Å². The standard InChI is InChI=1S/C11H20O/c1-9(2)6-7-11(5,12)8-10(3)4/h12H,1,3,6-8H2,2,4-5H3. The highest BCUT2D eigenvalue weighted by atomic mass is 16.3. The summed E-state index contributed by atoms with van der Waals surface area (Å²) in [4.78, 5) is 0. The van der Waals surface area contributed by atoms with Crippen molar-refractivity contribution in [3.8, 4) is 0 Å². The number of hydrogen-bond acceptors (Lipinski definition) is 1. The van der Waals surface area contributed by atoms with E-state index in [-0.39, 0.29) is 0 Å². The van der Waals surface area contributed by atoms with Gasteiger partial charge in [-0.15, -0.1) is 13.2 Å². The molecular formula is C11H20O. The molecule has 0 aromatic rings. The van der Waals surface area contributed by atoms with Crippen LogP contribution >= 0.6 is 0 Å². The maximum atomic E-state index is 9.83. The van der Waals surface area contributed by atoms with Crippen molar-refractivity contribution in [3.63, 3.8) is 0 Å². The lowest BCUT2D eigenvalue weighted by Crippen LogP contribution is -2.24. The first kappa shape index (κ1) is 11.4. The number of rotatable bonds is 5. The van der Waals surface area contributed by atoms with Gasteiger partial charge in [-0.1, -0.05) is 11.1 Å². The van der Waals surface area contributed by atoms with E-state index in [2.05, 4.69) is 13.2 Å². The van der Waals surface area contributed by atoms with E-state index < -0.39 is 5.60 Å². The molecule has 0 bridgehead atoms. The largest absolute Gasteiger partial charge is 0.390 e. The van der Waals surface area contributed by atoms with Gasteiger partial charge in [-0.2, -0.15) is 0 Å². The molecule has 1 nitrogen and oxygen atoms in total. The van der Waals surface area contributed by atoms with Gasteiger partial charge in [0, 0.05) is 0 Å². The molecule has 12 heavy (non-hydrogen) atoms. The minimum Gasteiger partial charge on any atom is -0.390 e. The molecule has 1 heteroatoms. The van der Waals surface area contributed by atoms with Crippen LogP contribution in [0.4, 0.5) is 0 Å². The molecular weight excluding hydrogens is 148 g/mol. The smallest absolute Gasteiger partial charge is 0.0659 e. The molecule has 0 saturated heterocycles. The van der Waals surface area contributed by atoms with Crippen LogP contribution in [0.5, 0.6) is 0 Å². The minimum atomic E-state index is -0.606. The maximum absolute atomic E-state index is 9.83. The van der Waals surface area contributed by atoms with E-state index in [9.17, 15) is 5.11 Å². The van der Waals surface area contributed by atoms with Gasteiger partial charge in [-0.05, 0) is 40.0 Å². The average Bonchev–Trinajstić information content (AvgIpc) is 1.81. The van der Waals surface area contributed by atoms with Gasteiger partial charge in [0.05, 0.1) is 5.60 Å². The normalized spacial score (nSPS) is 15.3. The Balaban J connectivity index is 3.86. The van der Waals surface area contributed by atoms with Crippen molar-refractivity contribution in [1.82, 2.24) is 0 Å². The van der Waals surface area contributed by atoms with Gasteiger partial charge in [-0.3, -0.25) is 0 Å². The molecule has 0 aliphatic carbocycles. The van der Waals surface area contributed by atoms with E-state index in [1.165, 1.54) is 0 Å². The Morgan fingerprint density at radius 3 is 2.08 bits per heavy atom. The highest BCUT2D eigenvalue weighted by Crippen LogP contribution is 2.22. The molecule has 0 aromatic heterocycles. The second-order valence-corrected chi connectivity index (χ2v) is 4.09. The summed E-state index contributed by atoms with van der Waals surface area (Å²) in [6.45, 7) is 13.4. The highest BCUT2D eigenvalue weighted by Gasteiger charge is 2.19. The summed E-state index contributed by atoms with van der Waals surface area (Å²) in [5.41, 5.74) is 1.55. The van der Waals surface area contributed by atoms with E-state index in [0.29, 0.717) is 6.42 Å². The third-order valence-corrected chi connectivity index (χ3v) is 1.77. The monoisotopic (exact) mass is 168 g/mol. The van der Waals surface area contributed by atoms with Crippen molar-refractivity contribution in [2.45, 2.75) is 45.6 Å². The zero-order chi connectivity index (χ0) is 9.78. The minimum absolute atomic E-state index is 0.606. The maximum Gasteiger partial charge on any atom is 0.0659 e. The zero-order valence-corrected chi connectivity index (χ0v) is 8.48. The van der Waals surface area contributed by atoms with Crippen molar-refractivity contribution < 1.29 is 5.11 Å². The molecule has 0 fully saturated rings. The van der Waals surface area contributed by atoms with Gasteiger partial charge >= 0.3 is 0 Å². The lowest BCUT2D eigenvalue weighted by molar-refractivity contribution is 0.0518. The number of aliphatic hydroxyl groups is 1. The van der Waals surface area contributed by atoms with Gasteiger partial charge < -0.3 is 5.11 Å². The van der Waals surface area contributed by atoms with Crippen molar-refractivity contribution in [2.75, 3.05) is 0 Å². The third-order valence-electron chi connectivity index (χ3n) is 1.77. The summed E-state index contributed by atoms with van der Waals surface area (Å²) in [6.07, 6.45) is 2.34. The predicted octanol–water partition coefficient (Wildman–Crippen LogP) is 3.06. The third kappa shape index (κ3) is 6.17. The first-order chi connectivity index (χ1) is 5.33. The second kappa shape index (κ2) is 4.46. The highest BCUT2D eigenvalue weighted by molar-refractivity contribution is 4.98. The van der Waals surface area contributed by atoms with E-state index in [0.717, 1.165) is 24.0 Å². The molecule has 0 aromatic carbocycles. The number of allylic oxidation sites excluding steroid dienone is 1. The first-order valence-corrected chi connectivity index (χ1v) is 4.34. The first-order valence-electron chi connectivity index (χ1n) is 4.34. The molecule has 0 amide bonds. The summed E-state index contributed by atoms with van der Waals surface area (Å²) in [6, 6.07) is 0. The second-order valence-electron chi connectivity index (χ2n) is 4.09. The van der Waals surface area contributed by atoms with E-state index in [4.69, 9.17) is 0 Å². The average molecular weight is 168 g/mol. The zero-order valence-electron chi connectivity index (χ0n) is 8.48. The van der Waals surface area contributed by atoms with Crippen LogP contribution in [-0.2, 0) is 0 Å². The molecule has 0 aliphatic rings. The summed E-state index contributed by atoms with van der Waals surface area (Å²) >= 11 is 0. The fraction of sp³-hybridized carbons (Fsp3) is 0.636. The quantitative estimate of drug-likeness (QED) is 0.625. The lowest BCUT2D eigenvalue weighted by atomic mass is 9.91. The fourth-order valence-electron chi connectivity index (χ4n) is 1.22. The molecule has 1 N–H and O–H groups in total. The van der Waals surface area contributed by atoms with Crippen molar-refractivity contribution >= 4 is 0 Å². The van der Waals surface area contributed by atoms with Crippen LogP contribution < -0.4 is 0 Å². The Labute approximate surface area is 75.8 Å². The molecule has 1 unspecified atom stereocenters. The van der Waals surface area contributed by atoms with Crippen LogP contribution in [0.15, 0.2) is 24.3 Å². The molecule has 0 rings (SSSR count). The SMILES string of the molecule is C=C(C)CCC(C)(O)CC(=C)C. The van der Waals surface area contributed by atoms with E-state index in [1.54, 1.807) is 0 Å². The van der Waals surface area contributed by atoms with Crippen LogP contribution in [0.25, 0.3) is 0 Å². The summed E-state index contributed by atoms with van der Waals surface area (Å²) in [5.74, 6) is 0. The van der Waals surface area contributed by atoms with Crippen molar-refractivity contribution in [2.24, 2.45) is 0 Å². The molecule has 0 heterocycles. The molecule has 0 radical (unpaired) electrons. The lowest BCUT2D eigenvalue weighted by Gasteiger charge is -2.23. The van der Waals surface area contributed by atoms with E-state index in [1.807, 2.05) is 20.8 Å². The molecule has 1 atom stereocenters. The summed E-state index contributed by atoms with van der Waals surface area (Å²) in [7, 11) is 0. The summed E-state index contributed by atoms with van der Waals surface area (Å²) < 4.78 is 0. The van der Waals surface area contributed by atoms with Crippen LogP contribution in [0.2, 0.25) is 0 Å². The molecule has 0 aliphatic heterocycles. The van der Waals surface area contributed by atoms with Crippen LogP contribution in [0.3, 0.4) is 0 Å². The van der Waals surface area contributed by atoms with Crippen LogP contribution in [-0.4, -0.2) is 10.7 Å². The molecule has 0 spiro atoms. The van der Waals surface area contributed by atoms with Gasteiger partial charge in [0.25, 0.3) is 0 Å². The molecule has 70 valence electrons. The van der Waals surface area contributed by atoms with Crippen LogP contribution in [0.1, 0.15) is 40.0 Å². The number of hydrogen-bond donors (Lipinski definition) is 1. The van der Waals surface area contributed by atoms with Crippen molar-refractivity contribution in [1.29, 1.82) is 0 Å². The van der Waals surface area contributed by atoms with Gasteiger partial charge in [0.2, 0.25) is 0 Å². The Morgan fingerprint density at radius 2 is 1.75 bits per heavy atom.